The first-order valence-electron chi connectivity index (χ1n) is 9.86. The summed E-state index contributed by atoms with van der Waals surface area (Å²) in [4.78, 5) is 0. The van der Waals surface area contributed by atoms with Gasteiger partial charge in [-0.3, -0.25) is 0 Å². The zero-order chi connectivity index (χ0) is 23.0. The average molecular weight is 463 g/mol. The number of ether oxygens (including phenoxy) is 3. The van der Waals surface area contributed by atoms with Gasteiger partial charge in [-0.25, -0.2) is 9.03 Å². The van der Waals surface area contributed by atoms with Crippen molar-refractivity contribution in [2.45, 2.75) is 6.10 Å². The Bertz CT molecular complexity index is 1380. The highest BCUT2D eigenvalue weighted by molar-refractivity contribution is 7.91. The van der Waals surface area contributed by atoms with Crippen LogP contribution in [0.5, 0.6) is 23.0 Å². The van der Waals surface area contributed by atoms with Crippen LogP contribution in [-0.2, 0) is 10.2 Å². The van der Waals surface area contributed by atoms with Crippen molar-refractivity contribution in [3.05, 3.63) is 89.9 Å². The van der Waals surface area contributed by atoms with E-state index in [-0.39, 0.29) is 12.7 Å². The molecule has 0 radical (unpaired) electrons. The van der Waals surface area contributed by atoms with Gasteiger partial charge < -0.3 is 19.3 Å². The van der Waals surface area contributed by atoms with Gasteiger partial charge in [-0.2, -0.15) is 13.7 Å². The largest absolute Gasteiger partial charge is 0.493 e. The quantitative estimate of drug-likeness (QED) is 0.589. The number of aliphatic hydroxyl groups is 1. The number of benzene rings is 3. The van der Waals surface area contributed by atoms with Gasteiger partial charge in [-0.15, -0.1) is 0 Å². The van der Waals surface area contributed by atoms with E-state index in [1.807, 2.05) is 16.9 Å². The molecule has 2 N–H and O–H groups in total. The minimum Gasteiger partial charge on any atom is -0.493 e. The van der Waals surface area contributed by atoms with Crippen LogP contribution in [0.4, 0.5) is 5.69 Å². The van der Waals surface area contributed by atoms with Crippen LogP contribution in [0.3, 0.4) is 0 Å². The van der Waals surface area contributed by atoms with Crippen LogP contribution in [0, 0.1) is 11.3 Å². The van der Waals surface area contributed by atoms with E-state index in [4.69, 9.17) is 19.5 Å². The Kier molecular flexibility index (Phi) is 4.95. The van der Waals surface area contributed by atoms with E-state index in [1.165, 1.54) is 0 Å². The summed E-state index contributed by atoms with van der Waals surface area (Å²) in [5.74, 6) is 1.78. The number of fused-ring (bicyclic) bond motifs is 1. The average Bonchev–Trinajstić information content (AvgIpc) is 3.34. The number of hydrogen-bond donors (Lipinski definition) is 2. The molecular weight excluding hydrogens is 446 g/mol. The normalized spacial score (nSPS) is 17.8. The van der Waals surface area contributed by atoms with Crippen molar-refractivity contribution >= 4 is 15.9 Å². The number of nitriles is 1. The van der Waals surface area contributed by atoms with Crippen molar-refractivity contribution in [3.8, 4) is 29.1 Å². The zero-order valence-electron chi connectivity index (χ0n) is 17.0. The highest BCUT2D eigenvalue weighted by atomic mass is 32.2. The van der Waals surface area contributed by atoms with E-state index in [0.717, 1.165) is 16.1 Å². The number of nitrogens with one attached hydrogen (secondary N) is 1. The van der Waals surface area contributed by atoms with E-state index >= 15 is 0 Å². The second-order valence-corrected chi connectivity index (χ2v) is 8.79. The Morgan fingerprint density at radius 1 is 1.06 bits per heavy atom. The summed E-state index contributed by atoms with van der Waals surface area (Å²) in [7, 11) is -3.85. The minimum absolute atomic E-state index is 0.284. The minimum atomic E-state index is -3.85. The molecule has 0 bridgehead atoms. The second kappa shape index (κ2) is 7.96. The molecule has 3 aromatic rings. The van der Waals surface area contributed by atoms with E-state index in [2.05, 4.69) is 6.07 Å². The zero-order valence-corrected chi connectivity index (χ0v) is 17.8. The van der Waals surface area contributed by atoms with Gasteiger partial charge in [-0.1, -0.05) is 12.1 Å². The molecule has 0 aromatic heterocycles. The molecule has 2 aliphatic rings. The fraction of sp³-hybridized carbons (Fsp3) is 0.0870. The molecule has 0 unspecified atom stereocenters. The molecule has 0 fully saturated rings. The lowest BCUT2D eigenvalue weighted by atomic mass is 10.1. The first-order valence-corrected chi connectivity index (χ1v) is 11.3. The Morgan fingerprint density at radius 3 is 2.45 bits per heavy atom. The van der Waals surface area contributed by atoms with Crippen LogP contribution in [-0.4, -0.2) is 20.1 Å². The predicted octanol–water partition coefficient (Wildman–Crippen LogP) is 3.87. The number of rotatable bonds is 5. The molecule has 33 heavy (non-hydrogen) atoms. The molecule has 9 nitrogen and oxygen atoms in total. The van der Waals surface area contributed by atoms with Gasteiger partial charge in [0.15, 0.2) is 17.6 Å². The lowest BCUT2D eigenvalue weighted by Crippen LogP contribution is -2.29. The lowest BCUT2D eigenvalue weighted by Gasteiger charge is -2.16. The number of hydrogen-bond acceptors (Lipinski definition) is 7. The maximum absolute atomic E-state index is 12.0. The Hall–Kier alpha value is -4.36. The first-order chi connectivity index (χ1) is 15.9. The van der Waals surface area contributed by atoms with Gasteiger partial charge in [-0.05, 0) is 54.6 Å². The molecule has 1 atom stereocenters. The van der Waals surface area contributed by atoms with Gasteiger partial charge >= 0.3 is 10.2 Å². The summed E-state index contributed by atoms with van der Waals surface area (Å²) in [5, 5.41) is 18.4. The maximum Gasteiger partial charge on any atom is 0.330 e. The predicted molar refractivity (Wildman–Crippen MR) is 118 cm³/mol. The lowest BCUT2D eigenvalue weighted by molar-refractivity contribution is 0.162. The first kappa shape index (κ1) is 20.5. The fourth-order valence-electron chi connectivity index (χ4n) is 3.53. The number of para-hydroxylation sites is 1. The van der Waals surface area contributed by atoms with Crippen LogP contribution < -0.4 is 23.2 Å². The summed E-state index contributed by atoms with van der Waals surface area (Å²) in [6, 6.07) is 20.8. The van der Waals surface area contributed by atoms with Crippen molar-refractivity contribution in [1.82, 2.24) is 4.72 Å². The molecule has 0 amide bonds. The molecule has 0 aliphatic carbocycles. The number of anilines is 1. The highest BCUT2D eigenvalue weighted by Gasteiger charge is 2.30. The van der Waals surface area contributed by atoms with Gasteiger partial charge in [0.05, 0.1) is 23.5 Å². The third-order valence-electron chi connectivity index (χ3n) is 5.05. The second-order valence-electron chi connectivity index (χ2n) is 7.24. The standard InChI is InChI=1S/C23H17N3O6S/c24-12-15-4-8-17(9-5-15)31-20-3-1-2-19-21(14-30-23(19)20)32-18-10-6-16(7-11-18)26-13-22(27)25-33(26,28)29/h1-11,13,21,25,27H,14H2/t21-/m1/s1. The Morgan fingerprint density at radius 2 is 1.79 bits per heavy atom. The van der Waals surface area contributed by atoms with Crippen molar-refractivity contribution in [2.24, 2.45) is 0 Å². The smallest absolute Gasteiger partial charge is 0.330 e. The van der Waals surface area contributed by atoms with Crippen LogP contribution >= 0.6 is 0 Å². The fourth-order valence-corrected chi connectivity index (χ4v) is 4.58. The summed E-state index contributed by atoms with van der Waals surface area (Å²) < 4.78 is 44.8. The molecule has 166 valence electrons. The molecule has 3 aromatic carbocycles. The number of aliphatic hydroxyl groups excluding tert-OH is 1. The van der Waals surface area contributed by atoms with Gasteiger partial charge in [0.1, 0.15) is 18.1 Å². The SMILES string of the molecule is N#Cc1ccc(Oc2cccc3c2OC[C@H]3Oc2ccc(N3C=C(O)NS3(=O)=O)cc2)cc1. The molecule has 0 spiro atoms. The van der Waals surface area contributed by atoms with Crippen molar-refractivity contribution in [3.63, 3.8) is 0 Å². The van der Waals surface area contributed by atoms with Crippen molar-refractivity contribution in [1.29, 1.82) is 5.26 Å². The number of nitrogens with zero attached hydrogens (tertiary/aromatic N) is 2. The Balaban J connectivity index is 1.32. The Labute approximate surface area is 189 Å². The molecular formula is C23H17N3O6S. The molecule has 2 aliphatic heterocycles. The summed E-state index contributed by atoms with van der Waals surface area (Å²) in [6.07, 6.45) is 0.707. The molecule has 5 rings (SSSR count). The summed E-state index contributed by atoms with van der Waals surface area (Å²) >= 11 is 0. The van der Waals surface area contributed by atoms with E-state index in [9.17, 15) is 13.5 Å². The van der Waals surface area contributed by atoms with Crippen LogP contribution in [0.25, 0.3) is 0 Å². The summed E-state index contributed by atoms with van der Waals surface area (Å²) in [6.45, 7) is 0.284. The van der Waals surface area contributed by atoms with Crippen LogP contribution in [0.2, 0.25) is 0 Å². The van der Waals surface area contributed by atoms with E-state index < -0.39 is 16.1 Å². The van der Waals surface area contributed by atoms with Crippen LogP contribution in [0.1, 0.15) is 17.2 Å². The maximum atomic E-state index is 12.0. The molecule has 0 saturated carbocycles. The van der Waals surface area contributed by atoms with Gasteiger partial charge in [0.2, 0.25) is 5.88 Å². The third-order valence-corrected chi connectivity index (χ3v) is 6.35. The highest BCUT2D eigenvalue weighted by Crippen LogP contribution is 2.43. The molecule has 2 heterocycles. The molecule has 0 saturated heterocycles. The summed E-state index contributed by atoms with van der Waals surface area (Å²) in [5.41, 5.74) is 1.72. The molecule has 10 heteroatoms. The van der Waals surface area contributed by atoms with Crippen molar-refractivity contribution in [2.75, 3.05) is 10.9 Å². The van der Waals surface area contributed by atoms with Crippen LogP contribution in [0.15, 0.2) is 78.8 Å². The van der Waals surface area contributed by atoms with E-state index in [1.54, 1.807) is 54.6 Å². The van der Waals surface area contributed by atoms with Crippen molar-refractivity contribution < 1.29 is 27.7 Å². The van der Waals surface area contributed by atoms with E-state index in [0.29, 0.717) is 34.2 Å². The topological polar surface area (TPSA) is 121 Å². The third kappa shape index (κ3) is 3.97. The van der Waals surface area contributed by atoms with Gasteiger partial charge in [0.25, 0.3) is 0 Å². The monoisotopic (exact) mass is 463 g/mol. The van der Waals surface area contributed by atoms with Gasteiger partial charge in [0, 0.05) is 5.56 Å².